The molecule has 2 fully saturated rings. The molecule has 0 aliphatic heterocycles. The summed E-state index contributed by atoms with van der Waals surface area (Å²) in [5, 5.41) is 4.22. The Balaban J connectivity index is 0.000000259. The average molecular weight is 675 g/mol. The molecule has 0 saturated heterocycles. The van der Waals surface area contributed by atoms with Crippen molar-refractivity contribution < 1.29 is 32.8 Å². The van der Waals surface area contributed by atoms with E-state index >= 15 is 0 Å². The van der Waals surface area contributed by atoms with Crippen molar-refractivity contribution in [2.45, 2.75) is 83.2 Å². The zero-order valence-electron chi connectivity index (χ0n) is 22.2. The van der Waals surface area contributed by atoms with Crippen LogP contribution in [0.3, 0.4) is 0 Å². The minimum Gasteiger partial charge on any atom is -1.00 e. The molecule has 0 radical (unpaired) electrons. The van der Waals surface area contributed by atoms with Crippen molar-refractivity contribution in [3.05, 3.63) is 90.5 Å². The number of halogens is 1. The fourth-order valence-corrected chi connectivity index (χ4v) is 8.68. The quantitative estimate of drug-likeness (QED) is 0.170. The molecule has 2 aliphatic carbocycles. The van der Waals surface area contributed by atoms with Gasteiger partial charge in [-0.15, -0.1) is 0 Å². The van der Waals surface area contributed by atoms with Gasteiger partial charge in [0.2, 0.25) is 0 Å². The Kier molecular flexibility index (Phi) is 15.6. The summed E-state index contributed by atoms with van der Waals surface area (Å²) in [4.78, 5) is 2.43. The van der Waals surface area contributed by atoms with E-state index in [1.807, 2.05) is 0 Å². The van der Waals surface area contributed by atoms with E-state index in [4.69, 9.17) is 24.8 Å². The molecule has 3 aromatic rings. The van der Waals surface area contributed by atoms with Crippen LogP contribution in [-0.2, 0) is 33.1 Å². The SMILES string of the molecule is Cc1cccc(P(c2ccccc2)c2ccccc2)c1.S=C([S-])N(C1CCCCC1)C1CCCCC1.[Cl-].[Pd+2]. The molecule has 206 valence electrons. The zero-order chi connectivity index (χ0) is 25.2. The number of hydrogen-bond donors (Lipinski definition) is 0. The summed E-state index contributed by atoms with van der Waals surface area (Å²) >= 11 is 10.6. The first-order chi connectivity index (χ1) is 17.6. The second-order valence-corrected chi connectivity index (χ2v) is 13.4. The maximum atomic E-state index is 5.32. The molecule has 2 saturated carbocycles. The molecule has 0 N–H and O–H groups in total. The average Bonchev–Trinajstić information content (AvgIpc) is 2.92. The molecular weight excluding hydrogens is 635 g/mol. The largest absolute Gasteiger partial charge is 2.00 e. The normalized spacial score (nSPS) is 15.8. The summed E-state index contributed by atoms with van der Waals surface area (Å²) in [5.41, 5.74) is 1.32. The molecule has 1 nitrogen and oxygen atoms in total. The van der Waals surface area contributed by atoms with Crippen LogP contribution in [0.1, 0.15) is 69.8 Å². The Bertz CT molecular complexity index is 1020. The van der Waals surface area contributed by atoms with Crippen LogP contribution in [0.15, 0.2) is 84.9 Å². The van der Waals surface area contributed by atoms with Gasteiger partial charge in [0.15, 0.2) is 0 Å². The van der Waals surface area contributed by atoms with Gasteiger partial charge in [-0.3, -0.25) is 0 Å². The van der Waals surface area contributed by atoms with Gasteiger partial charge in [0.1, 0.15) is 0 Å². The van der Waals surface area contributed by atoms with Crippen LogP contribution in [0, 0.1) is 6.92 Å². The van der Waals surface area contributed by atoms with Crippen LogP contribution in [0.5, 0.6) is 0 Å². The maximum Gasteiger partial charge on any atom is 2.00 e. The van der Waals surface area contributed by atoms with Gasteiger partial charge in [-0.2, -0.15) is 0 Å². The van der Waals surface area contributed by atoms with Gasteiger partial charge in [-0.05, 0) is 56.4 Å². The van der Waals surface area contributed by atoms with Crippen LogP contribution in [0.4, 0.5) is 0 Å². The van der Waals surface area contributed by atoms with Crippen molar-refractivity contribution in [1.82, 2.24) is 4.90 Å². The van der Waals surface area contributed by atoms with Crippen LogP contribution in [0.2, 0.25) is 0 Å². The van der Waals surface area contributed by atoms with Gasteiger partial charge < -0.3 is 42.2 Å². The first-order valence-corrected chi connectivity index (χ1v) is 15.8. The van der Waals surface area contributed by atoms with Crippen molar-refractivity contribution in [3.8, 4) is 0 Å². The number of rotatable bonds is 5. The Labute approximate surface area is 262 Å². The summed E-state index contributed by atoms with van der Waals surface area (Å²) in [6.07, 6.45) is 13.5. The third kappa shape index (κ3) is 9.66. The Hall–Kier alpha value is -0.848. The molecule has 38 heavy (non-hydrogen) atoms. The Morgan fingerprint density at radius 2 is 1.11 bits per heavy atom. The molecule has 0 atom stereocenters. The van der Waals surface area contributed by atoms with E-state index in [9.17, 15) is 0 Å². The molecule has 6 heteroatoms. The van der Waals surface area contributed by atoms with E-state index in [0.717, 1.165) is 4.32 Å². The number of benzene rings is 3. The number of nitrogens with zero attached hydrogens (tertiary/aromatic N) is 1. The van der Waals surface area contributed by atoms with Crippen molar-refractivity contribution in [2.75, 3.05) is 0 Å². The van der Waals surface area contributed by atoms with Gasteiger partial charge in [0, 0.05) is 12.1 Å². The summed E-state index contributed by atoms with van der Waals surface area (Å²) in [6.45, 7) is 2.16. The van der Waals surface area contributed by atoms with Crippen LogP contribution in [0.25, 0.3) is 0 Å². The van der Waals surface area contributed by atoms with E-state index in [2.05, 4.69) is 96.8 Å². The molecule has 0 amide bonds. The third-order valence-corrected chi connectivity index (χ3v) is 10.3. The van der Waals surface area contributed by atoms with E-state index in [0.29, 0.717) is 12.1 Å². The van der Waals surface area contributed by atoms with Gasteiger partial charge >= 0.3 is 20.4 Å². The van der Waals surface area contributed by atoms with Gasteiger partial charge in [-0.25, -0.2) is 0 Å². The summed E-state index contributed by atoms with van der Waals surface area (Å²) < 4.78 is 0.735. The Morgan fingerprint density at radius 1 is 0.684 bits per heavy atom. The van der Waals surface area contributed by atoms with Crippen LogP contribution in [-0.4, -0.2) is 21.3 Å². The molecule has 0 unspecified atom stereocenters. The topological polar surface area (TPSA) is 3.24 Å². The van der Waals surface area contributed by atoms with Gasteiger partial charge in [0.25, 0.3) is 0 Å². The first kappa shape index (κ1) is 33.4. The van der Waals surface area contributed by atoms with Crippen LogP contribution >= 0.6 is 20.1 Å². The molecule has 0 bridgehead atoms. The number of hydrogen-bond acceptors (Lipinski definition) is 2. The summed E-state index contributed by atoms with van der Waals surface area (Å²) in [5.74, 6) is 0. The fraction of sp³-hybridized carbons (Fsp3) is 0.406. The van der Waals surface area contributed by atoms with E-state index in [1.54, 1.807) is 0 Å². The predicted octanol–water partition coefficient (Wildman–Crippen LogP) is 4.54. The second kappa shape index (κ2) is 17.8. The molecule has 3 aromatic carbocycles. The van der Waals surface area contributed by atoms with Crippen molar-refractivity contribution in [1.29, 1.82) is 0 Å². The van der Waals surface area contributed by atoms with Gasteiger partial charge in [0.05, 0.1) is 0 Å². The van der Waals surface area contributed by atoms with Gasteiger partial charge in [-0.1, -0.05) is 133 Å². The van der Waals surface area contributed by atoms with E-state index in [-0.39, 0.29) is 32.8 Å². The molecule has 0 heterocycles. The molecule has 2 aliphatic rings. The van der Waals surface area contributed by atoms with Crippen LogP contribution < -0.4 is 28.3 Å². The molecule has 0 spiro atoms. The van der Waals surface area contributed by atoms with E-state index in [1.165, 1.54) is 85.7 Å². The van der Waals surface area contributed by atoms with Crippen molar-refractivity contribution in [3.63, 3.8) is 0 Å². The third-order valence-electron chi connectivity index (χ3n) is 7.44. The smallest absolute Gasteiger partial charge is 1.00 e. The second-order valence-electron chi connectivity index (χ2n) is 10.1. The minimum absolute atomic E-state index is 0. The summed E-state index contributed by atoms with van der Waals surface area (Å²) in [7, 11) is -0.462. The molecule has 0 aromatic heterocycles. The predicted molar refractivity (Wildman–Crippen MR) is 165 cm³/mol. The maximum absolute atomic E-state index is 5.32. The molecular formula is C32H39ClNPPdS2. The molecule has 5 rings (SSSR count). The van der Waals surface area contributed by atoms with Crippen molar-refractivity contribution >= 4 is 53.0 Å². The van der Waals surface area contributed by atoms with Crippen molar-refractivity contribution in [2.24, 2.45) is 0 Å². The number of thiocarbonyl (C=S) groups is 1. The van der Waals surface area contributed by atoms with E-state index < -0.39 is 7.92 Å². The fourth-order valence-electron chi connectivity index (χ4n) is 5.68. The zero-order valence-corrected chi connectivity index (χ0v) is 27.1. The summed E-state index contributed by atoms with van der Waals surface area (Å²) in [6, 6.07) is 31.8. The first-order valence-electron chi connectivity index (χ1n) is 13.6. The Morgan fingerprint density at radius 3 is 1.50 bits per heavy atom. The monoisotopic (exact) mass is 673 g/mol. The number of aryl methyl sites for hydroxylation is 1. The standard InChI is InChI=1S/C19H17P.C13H23NS2.ClH.Pd/c1-16-9-8-14-19(15-16)20(17-10-4-2-5-11-17)18-12-6-3-7-13-18;15-13(16)14(11-7-3-1-4-8-11)12-9-5-2-6-10-12;;/h2-15H,1H3;11-12H,1-10H2,(H,15,16);1H;/q;;;+2/p-2. The minimum atomic E-state index is -0.462.